The molecule has 3 N–H and O–H groups in total. The Morgan fingerprint density at radius 1 is 1.07 bits per heavy atom. The molecule has 1 aromatic heterocycles. The first kappa shape index (κ1) is 33.3. The highest BCUT2D eigenvalue weighted by Crippen LogP contribution is 2.20. The van der Waals surface area contributed by atoms with Gasteiger partial charge in [0.1, 0.15) is 18.4 Å². The van der Waals surface area contributed by atoms with Gasteiger partial charge < -0.3 is 19.7 Å². The largest absolute Gasteiger partial charge is 0.465 e. The summed E-state index contributed by atoms with van der Waals surface area (Å²) in [5.74, 6) is -1.54. The number of esters is 1. The van der Waals surface area contributed by atoms with Crippen molar-refractivity contribution in [3.05, 3.63) is 92.8 Å². The molecule has 1 aliphatic heterocycles. The average molecular weight is 634 g/mol. The Labute approximate surface area is 264 Å². The second-order valence-electron chi connectivity index (χ2n) is 10.8. The molecule has 0 bridgehead atoms. The number of hydrogen-bond donors (Lipinski definition) is 3. The van der Waals surface area contributed by atoms with Crippen molar-refractivity contribution in [1.82, 2.24) is 25.3 Å². The van der Waals surface area contributed by atoms with Gasteiger partial charge in [-0.05, 0) is 38.5 Å². The Hall–Kier alpha value is -5.60. The molecule has 4 rings (SSSR count). The maximum atomic E-state index is 13.9. The summed E-state index contributed by atoms with van der Waals surface area (Å²) in [6.07, 6.45) is 1.08. The quantitative estimate of drug-likeness (QED) is 0.0934. The molecule has 1 aliphatic rings. The SMILES string of the molecule is CCOC(=O)Cn1cc2c(n1)CCN(C(=O)[C@H](Cc1ccc([N+](=O)[O-])cc1)NC(=O)c1ccc(C(=N)NC(=O)OC(C)C)cc1)C2. The number of non-ortho nitro benzene ring substituents is 1. The van der Waals surface area contributed by atoms with E-state index in [0.29, 0.717) is 24.1 Å². The standard InChI is InChI=1S/C31H35N7O8/c1-4-45-27(39)18-37-17-23-16-36(14-13-25(23)35-37)30(41)26(15-20-5-11-24(12-6-20)38(43)44)33-29(40)22-9-7-21(8-10-22)28(32)34-31(42)46-19(2)3/h5-12,17,19,26H,4,13-16,18H2,1-3H3,(H,33,40)(H2,32,34,42)/t26-/m0/s1. The van der Waals surface area contributed by atoms with Crippen LogP contribution in [0.25, 0.3) is 0 Å². The number of nitrogens with zero attached hydrogens (tertiary/aromatic N) is 4. The average Bonchev–Trinajstić information content (AvgIpc) is 3.41. The van der Waals surface area contributed by atoms with Crippen LogP contribution in [0.2, 0.25) is 0 Å². The number of aromatic nitrogens is 2. The fourth-order valence-corrected chi connectivity index (χ4v) is 4.84. The number of fused-ring (bicyclic) bond motifs is 1. The van der Waals surface area contributed by atoms with E-state index in [1.807, 2.05) is 0 Å². The number of amides is 3. The smallest absolute Gasteiger partial charge is 0.413 e. The summed E-state index contributed by atoms with van der Waals surface area (Å²) in [7, 11) is 0. The Morgan fingerprint density at radius 2 is 1.74 bits per heavy atom. The van der Waals surface area contributed by atoms with Crippen LogP contribution in [-0.4, -0.2) is 74.6 Å². The van der Waals surface area contributed by atoms with Gasteiger partial charge in [0.25, 0.3) is 11.6 Å². The fraction of sp³-hybridized carbons (Fsp3) is 0.355. The van der Waals surface area contributed by atoms with Gasteiger partial charge in [-0.25, -0.2) is 4.79 Å². The lowest BCUT2D eigenvalue weighted by molar-refractivity contribution is -0.384. The van der Waals surface area contributed by atoms with Gasteiger partial charge in [0.2, 0.25) is 5.91 Å². The predicted octanol–water partition coefficient (Wildman–Crippen LogP) is 2.74. The maximum absolute atomic E-state index is 13.9. The number of rotatable bonds is 11. The maximum Gasteiger partial charge on any atom is 0.413 e. The summed E-state index contributed by atoms with van der Waals surface area (Å²) in [6.45, 7) is 5.83. The molecule has 15 nitrogen and oxygen atoms in total. The molecule has 242 valence electrons. The number of carbonyl (C=O) groups is 4. The lowest BCUT2D eigenvalue weighted by Crippen LogP contribution is -2.50. The second kappa shape index (κ2) is 14.9. The highest BCUT2D eigenvalue weighted by atomic mass is 16.6. The van der Waals surface area contributed by atoms with E-state index >= 15 is 0 Å². The van der Waals surface area contributed by atoms with Crippen molar-refractivity contribution in [3.8, 4) is 0 Å². The van der Waals surface area contributed by atoms with Crippen LogP contribution in [0.15, 0.2) is 54.7 Å². The van der Waals surface area contributed by atoms with Gasteiger partial charge >= 0.3 is 12.1 Å². The molecular formula is C31H35N7O8. The number of ether oxygens (including phenoxy) is 2. The van der Waals surface area contributed by atoms with Gasteiger partial charge in [-0.15, -0.1) is 0 Å². The first-order valence-electron chi connectivity index (χ1n) is 14.6. The molecule has 0 unspecified atom stereocenters. The van der Waals surface area contributed by atoms with Crippen molar-refractivity contribution in [3.63, 3.8) is 0 Å². The van der Waals surface area contributed by atoms with Crippen LogP contribution in [0, 0.1) is 15.5 Å². The topological polar surface area (TPSA) is 199 Å². The molecule has 0 spiro atoms. The molecule has 15 heteroatoms. The van der Waals surface area contributed by atoms with E-state index in [4.69, 9.17) is 14.9 Å². The third kappa shape index (κ3) is 8.74. The van der Waals surface area contributed by atoms with Gasteiger partial charge in [-0.3, -0.25) is 39.9 Å². The molecule has 0 aliphatic carbocycles. The minimum atomic E-state index is -1.02. The number of benzene rings is 2. The second-order valence-corrected chi connectivity index (χ2v) is 10.8. The van der Waals surface area contributed by atoms with Crippen molar-refractivity contribution in [2.24, 2.45) is 0 Å². The minimum Gasteiger partial charge on any atom is -0.465 e. The van der Waals surface area contributed by atoms with Crippen molar-refractivity contribution < 1.29 is 33.6 Å². The van der Waals surface area contributed by atoms with Gasteiger partial charge in [-0.2, -0.15) is 5.10 Å². The molecule has 0 saturated heterocycles. The van der Waals surface area contributed by atoms with E-state index in [1.54, 1.807) is 31.9 Å². The first-order valence-corrected chi connectivity index (χ1v) is 14.6. The van der Waals surface area contributed by atoms with E-state index in [0.717, 1.165) is 11.3 Å². The number of hydrogen-bond acceptors (Lipinski definition) is 10. The van der Waals surface area contributed by atoms with E-state index < -0.39 is 28.9 Å². The third-order valence-electron chi connectivity index (χ3n) is 7.01. The van der Waals surface area contributed by atoms with Crippen molar-refractivity contribution in [2.45, 2.75) is 58.8 Å². The van der Waals surface area contributed by atoms with E-state index in [-0.39, 0.29) is 55.2 Å². The number of nitro groups is 1. The van der Waals surface area contributed by atoms with Gasteiger partial charge in [-0.1, -0.05) is 24.3 Å². The summed E-state index contributed by atoms with van der Waals surface area (Å²) in [4.78, 5) is 63.2. The van der Waals surface area contributed by atoms with Crippen LogP contribution in [0.3, 0.4) is 0 Å². The zero-order valence-electron chi connectivity index (χ0n) is 25.6. The van der Waals surface area contributed by atoms with Gasteiger partial charge in [0, 0.05) is 61.0 Å². The predicted molar refractivity (Wildman–Crippen MR) is 164 cm³/mol. The molecule has 3 amide bonds. The third-order valence-corrected chi connectivity index (χ3v) is 7.01. The highest BCUT2D eigenvalue weighted by Gasteiger charge is 2.30. The van der Waals surface area contributed by atoms with Crippen molar-refractivity contribution in [2.75, 3.05) is 13.2 Å². The molecule has 46 heavy (non-hydrogen) atoms. The van der Waals surface area contributed by atoms with Gasteiger partial charge in [0.15, 0.2) is 0 Å². The van der Waals surface area contributed by atoms with Crippen LogP contribution in [0.1, 0.15) is 53.5 Å². The summed E-state index contributed by atoms with van der Waals surface area (Å²) >= 11 is 0. The van der Waals surface area contributed by atoms with E-state index in [1.165, 1.54) is 53.2 Å². The van der Waals surface area contributed by atoms with Crippen LogP contribution < -0.4 is 10.6 Å². The van der Waals surface area contributed by atoms with E-state index in [9.17, 15) is 29.3 Å². The minimum absolute atomic E-state index is 0.0516. The van der Waals surface area contributed by atoms with Crippen LogP contribution >= 0.6 is 0 Å². The highest BCUT2D eigenvalue weighted by molar-refractivity contribution is 6.05. The Morgan fingerprint density at radius 3 is 2.37 bits per heavy atom. The molecule has 0 saturated carbocycles. The van der Waals surface area contributed by atoms with Gasteiger partial charge in [0.05, 0.1) is 23.3 Å². The molecule has 2 aromatic carbocycles. The van der Waals surface area contributed by atoms with Crippen LogP contribution in [0.5, 0.6) is 0 Å². The normalized spacial score (nSPS) is 12.9. The Bertz CT molecular complexity index is 1620. The molecular weight excluding hydrogens is 598 g/mol. The van der Waals surface area contributed by atoms with Crippen molar-refractivity contribution >= 4 is 35.4 Å². The summed E-state index contributed by atoms with van der Waals surface area (Å²) in [5, 5.41) is 28.8. The molecule has 1 atom stereocenters. The Kier molecular flexibility index (Phi) is 10.8. The van der Waals surface area contributed by atoms with Crippen LogP contribution in [0.4, 0.5) is 10.5 Å². The molecule has 0 radical (unpaired) electrons. The number of amidine groups is 1. The van der Waals surface area contributed by atoms with E-state index in [2.05, 4.69) is 15.7 Å². The first-order chi connectivity index (χ1) is 21.9. The zero-order valence-corrected chi connectivity index (χ0v) is 25.6. The lowest BCUT2D eigenvalue weighted by Gasteiger charge is -2.30. The molecule has 3 aromatic rings. The summed E-state index contributed by atoms with van der Waals surface area (Å²) in [6, 6.07) is 10.6. The number of carbonyl (C=O) groups excluding carboxylic acids is 4. The summed E-state index contributed by atoms with van der Waals surface area (Å²) in [5.41, 5.74) is 2.59. The number of nitrogens with one attached hydrogen (secondary N) is 3. The van der Waals surface area contributed by atoms with Crippen molar-refractivity contribution in [1.29, 1.82) is 5.41 Å². The number of nitro benzene ring substituents is 1. The van der Waals surface area contributed by atoms with Crippen LogP contribution in [-0.2, 0) is 45.0 Å². The monoisotopic (exact) mass is 633 g/mol. The number of alkyl carbamates (subject to hydrolysis) is 1. The Balaban J connectivity index is 1.49. The summed E-state index contributed by atoms with van der Waals surface area (Å²) < 4.78 is 11.5. The zero-order chi connectivity index (χ0) is 33.4. The lowest BCUT2D eigenvalue weighted by atomic mass is 10.0. The molecule has 2 heterocycles. The fourth-order valence-electron chi connectivity index (χ4n) is 4.84. The molecule has 0 fully saturated rings.